The van der Waals surface area contributed by atoms with Crippen LogP contribution in [0.1, 0.15) is 12.0 Å². The minimum Gasteiger partial charge on any atom is -0.491 e. The summed E-state index contributed by atoms with van der Waals surface area (Å²) in [6.45, 7) is 1.14. The Morgan fingerprint density at radius 1 is 1.24 bits per heavy atom. The summed E-state index contributed by atoms with van der Waals surface area (Å²) in [4.78, 5) is 0. The summed E-state index contributed by atoms with van der Waals surface area (Å²) >= 11 is 5.53. The molecule has 0 aliphatic rings. The summed E-state index contributed by atoms with van der Waals surface area (Å²) in [7, 11) is 1.65. The minimum atomic E-state index is -0.422. The van der Waals surface area contributed by atoms with Crippen molar-refractivity contribution in [3.63, 3.8) is 0 Å². The topological polar surface area (TPSA) is 38.7 Å². The number of methoxy groups -OCH3 is 1. The van der Waals surface area contributed by atoms with E-state index in [9.17, 15) is 5.11 Å². The molecule has 0 amide bonds. The molecule has 0 saturated heterocycles. The Balaban J connectivity index is 2.34. The third-order valence-corrected chi connectivity index (χ3v) is 2.78. The van der Waals surface area contributed by atoms with Gasteiger partial charge in [-0.2, -0.15) is 0 Å². The summed E-state index contributed by atoms with van der Waals surface area (Å²) in [5.74, 6) is 1.13. The van der Waals surface area contributed by atoms with Crippen LogP contribution < -0.4 is 4.74 Å². The smallest absolute Gasteiger partial charge is 0.119 e. The molecule has 1 atom stereocenters. The molecule has 17 heavy (non-hydrogen) atoms. The molecule has 1 rings (SSSR count). The van der Waals surface area contributed by atoms with Crippen LogP contribution >= 0.6 is 11.6 Å². The molecule has 1 unspecified atom stereocenters. The van der Waals surface area contributed by atoms with E-state index in [-0.39, 0.29) is 5.88 Å². The van der Waals surface area contributed by atoms with Crippen LogP contribution in [0.4, 0.5) is 0 Å². The summed E-state index contributed by atoms with van der Waals surface area (Å²) in [5, 5.41) is 9.35. The molecule has 1 aromatic carbocycles. The van der Waals surface area contributed by atoms with Crippen LogP contribution in [0.15, 0.2) is 24.3 Å². The Labute approximate surface area is 107 Å². The minimum absolute atomic E-state index is 0.290. The number of aliphatic hydroxyl groups is 1. The van der Waals surface area contributed by atoms with Gasteiger partial charge in [0.15, 0.2) is 0 Å². The lowest BCUT2D eigenvalue weighted by Gasteiger charge is -2.08. The molecule has 0 aliphatic carbocycles. The maximum Gasteiger partial charge on any atom is 0.119 e. The van der Waals surface area contributed by atoms with E-state index in [1.807, 2.05) is 24.3 Å². The Morgan fingerprint density at radius 3 is 2.53 bits per heavy atom. The van der Waals surface area contributed by atoms with E-state index in [4.69, 9.17) is 21.1 Å². The number of halogens is 1. The highest BCUT2D eigenvalue weighted by Gasteiger charge is 2.02. The van der Waals surface area contributed by atoms with Crippen molar-refractivity contribution in [3.8, 4) is 5.75 Å². The molecule has 0 fully saturated rings. The summed E-state index contributed by atoms with van der Waals surface area (Å²) in [5.41, 5.74) is 1.17. The fourth-order valence-electron chi connectivity index (χ4n) is 1.41. The van der Waals surface area contributed by atoms with Gasteiger partial charge >= 0.3 is 0 Å². The number of hydrogen-bond acceptors (Lipinski definition) is 3. The van der Waals surface area contributed by atoms with Gasteiger partial charge in [0, 0.05) is 13.0 Å². The molecule has 4 heteroatoms. The first kappa shape index (κ1) is 14.3. The average molecular weight is 259 g/mol. The third-order valence-electron chi connectivity index (χ3n) is 2.42. The van der Waals surface area contributed by atoms with E-state index in [1.54, 1.807) is 7.11 Å². The van der Waals surface area contributed by atoms with Crippen molar-refractivity contribution in [1.82, 2.24) is 0 Å². The Kier molecular flexibility index (Phi) is 7.01. The van der Waals surface area contributed by atoms with Gasteiger partial charge in [0.2, 0.25) is 0 Å². The van der Waals surface area contributed by atoms with Gasteiger partial charge in [-0.1, -0.05) is 12.1 Å². The first-order valence-corrected chi connectivity index (χ1v) is 6.24. The molecular weight excluding hydrogens is 240 g/mol. The van der Waals surface area contributed by atoms with Crippen molar-refractivity contribution in [2.45, 2.75) is 18.9 Å². The first-order valence-electron chi connectivity index (χ1n) is 5.71. The van der Waals surface area contributed by atoms with Crippen molar-refractivity contribution in [3.05, 3.63) is 29.8 Å². The highest BCUT2D eigenvalue weighted by molar-refractivity contribution is 6.18. The van der Waals surface area contributed by atoms with Crippen LogP contribution in [0.25, 0.3) is 0 Å². The molecule has 1 aromatic rings. The van der Waals surface area contributed by atoms with Crippen LogP contribution in [0.2, 0.25) is 0 Å². The van der Waals surface area contributed by atoms with Crippen molar-refractivity contribution >= 4 is 11.6 Å². The van der Waals surface area contributed by atoms with E-state index >= 15 is 0 Å². The lowest BCUT2D eigenvalue weighted by Crippen LogP contribution is -2.09. The van der Waals surface area contributed by atoms with Crippen molar-refractivity contribution in [1.29, 1.82) is 0 Å². The third kappa shape index (κ3) is 5.91. The molecular formula is C13H19ClO3. The number of hydrogen-bond donors (Lipinski definition) is 1. The molecule has 0 aromatic heterocycles. The SMILES string of the molecule is COCCOc1ccc(CCC(O)CCl)cc1. The molecule has 96 valence electrons. The monoisotopic (exact) mass is 258 g/mol. The highest BCUT2D eigenvalue weighted by Crippen LogP contribution is 2.14. The predicted molar refractivity (Wildman–Crippen MR) is 68.9 cm³/mol. The lowest BCUT2D eigenvalue weighted by atomic mass is 10.1. The molecule has 0 saturated carbocycles. The van der Waals surface area contributed by atoms with Gasteiger partial charge in [0.05, 0.1) is 12.7 Å². The zero-order chi connectivity index (χ0) is 12.5. The standard InChI is InChI=1S/C13H19ClO3/c1-16-8-9-17-13-6-3-11(4-7-13)2-5-12(15)10-14/h3-4,6-7,12,15H,2,5,8-10H2,1H3. The second kappa shape index (κ2) is 8.34. The van der Waals surface area contributed by atoms with Crippen molar-refractivity contribution in [2.75, 3.05) is 26.2 Å². The van der Waals surface area contributed by atoms with Crippen molar-refractivity contribution in [2.24, 2.45) is 0 Å². The van der Waals surface area contributed by atoms with E-state index < -0.39 is 6.10 Å². The van der Waals surface area contributed by atoms with Gasteiger partial charge in [-0.05, 0) is 30.5 Å². The molecule has 0 radical (unpaired) electrons. The quantitative estimate of drug-likeness (QED) is 0.574. The molecule has 0 spiro atoms. The number of ether oxygens (including phenoxy) is 2. The number of aryl methyl sites for hydroxylation is 1. The Bertz CT molecular complexity index is 300. The maximum absolute atomic E-state index is 9.35. The van der Waals surface area contributed by atoms with Crippen LogP contribution in [0.5, 0.6) is 5.75 Å². The second-order valence-electron chi connectivity index (χ2n) is 3.83. The number of rotatable bonds is 8. The van der Waals surface area contributed by atoms with Gasteiger partial charge < -0.3 is 14.6 Å². The molecule has 0 aliphatic heterocycles. The van der Waals surface area contributed by atoms with E-state index in [2.05, 4.69) is 0 Å². The van der Waals surface area contributed by atoms with Gasteiger partial charge in [-0.25, -0.2) is 0 Å². The average Bonchev–Trinajstić information content (AvgIpc) is 2.37. The van der Waals surface area contributed by atoms with E-state index in [0.717, 1.165) is 12.2 Å². The summed E-state index contributed by atoms with van der Waals surface area (Å²) in [6.07, 6.45) is 1.09. The molecule has 0 heterocycles. The van der Waals surface area contributed by atoms with Crippen LogP contribution in [-0.2, 0) is 11.2 Å². The zero-order valence-corrected chi connectivity index (χ0v) is 10.8. The van der Waals surface area contributed by atoms with Gasteiger partial charge in [-0.15, -0.1) is 11.6 Å². The predicted octanol–water partition coefficient (Wildman–Crippen LogP) is 2.24. The van der Waals surface area contributed by atoms with Gasteiger partial charge in [-0.3, -0.25) is 0 Å². The number of aliphatic hydroxyl groups excluding tert-OH is 1. The maximum atomic E-state index is 9.35. The molecule has 0 bridgehead atoms. The van der Waals surface area contributed by atoms with Crippen LogP contribution in [-0.4, -0.2) is 37.4 Å². The fourth-order valence-corrected chi connectivity index (χ4v) is 1.56. The number of benzene rings is 1. The summed E-state index contributed by atoms with van der Waals surface area (Å²) < 4.78 is 10.4. The van der Waals surface area contributed by atoms with Gasteiger partial charge in [0.25, 0.3) is 0 Å². The largest absolute Gasteiger partial charge is 0.491 e. The lowest BCUT2D eigenvalue weighted by molar-refractivity contribution is 0.146. The van der Waals surface area contributed by atoms with Crippen LogP contribution in [0.3, 0.4) is 0 Å². The fraction of sp³-hybridized carbons (Fsp3) is 0.538. The second-order valence-corrected chi connectivity index (χ2v) is 4.14. The first-order chi connectivity index (χ1) is 8.26. The van der Waals surface area contributed by atoms with Gasteiger partial charge in [0.1, 0.15) is 12.4 Å². The number of alkyl halides is 1. The normalized spacial score (nSPS) is 12.4. The van der Waals surface area contributed by atoms with E-state index in [0.29, 0.717) is 19.6 Å². The van der Waals surface area contributed by atoms with E-state index in [1.165, 1.54) is 5.56 Å². The zero-order valence-electron chi connectivity index (χ0n) is 10.1. The van der Waals surface area contributed by atoms with Crippen molar-refractivity contribution < 1.29 is 14.6 Å². The Hall–Kier alpha value is -0.770. The summed E-state index contributed by atoms with van der Waals surface area (Å²) in [6, 6.07) is 7.86. The van der Waals surface area contributed by atoms with Crippen LogP contribution in [0, 0.1) is 0 Å². The molecule has 1 N–H and O–H groups in total. The highest BCUT2D eigenvalue weighted by atomic mass is 35.5. The molecule has 3 nitrogen and oxygen atoms in total. The Morgan fingerprint density at radius 2 is 1.94 bits per heavy atom.